The van der Waals surface area contributed by atoms with Crippen molar-refractivity contribution in [2.45, 2.75) is 13.0 Å². The minimum atomic E-state index is -0.651. The summed E-state index contributed by atoms with van der Waals surface area (Å²) in [5.41, 5.74) is 8.02. The molecule has 1 unspecified atom stereocenters. The number of benzene rings is 1. The molecule has 120 valence electrons. The zero-order valence-electron chi connectivity index (χ0n) is 13.1. The van der Waals surface area contributed by atoms with E-state index in [1.54, 1.807) is 9.80 Å². The highest BCUT2D eigenvalue weighted by molar-refractivity contribution is 5.83. The predicted molar refractivity (Wildman–Crippen MR) is 83.1 cm³/mol. The van der Waals surface area contributed by atoms with Crippen LogP contribution in [-0.4, -0.2) is 61.5 Å². The van der Waals surface area contributed by atoms with Crippen molar-refractivity contribution < 1.29 is 14.3 Å². The molecule has 2 N–H and O–H groups in total. The molecule has 1 saturated heterocycles. The molecule has 1 atom stereocenters. The van der Waals surface area contributed by atoms with Gasteiger partial charge in [0.15, 0.2) is 0 Å². The maximum atomic E-state index is 12.5. The number of carbonyl (C=O) groups excluding carboxylic acids is 2. The van der Waals surface area contributed by atoms with Gasteiger partial charge in [-0.05, 0) is 12.5 Å². The van der Waals surface area contributed by atoms with E-state index >= 15 is 0 Å². The van der Waals surface area contributed by atoms with E-state index in [-0.39, 0.29) is 18.4 Å². The van der Waals surface area contributed by atoms with Crippen LogP contribution in [0.5, 0.6) is 0 Å². The van der Waals surface area contributed by atoms with E-state index in [1.807, 2.05) is 31.2 Å². The summed E-state index contributed by atoms with van der Waals surface area (Å²) in [7, 11) is 1.50. The molecular weight excluding hydrogens is 282 g/mol. The topological polar surface area (TPSA) is 75.9 Å². The average Bonchev–Trinajstić information content (AvgIpc) is 2.54. The number of amides is 2. The normalized spacial score (nSPS) is 16.5. The molecule has 0 spiro atoms. The molecule has 2 rings (SSSR count). The van der Waals surface area contributed by atoms with Crippen LogP contribution >= 0.6 is 0 Å². The lowest BCUT2D eigenvalue weighted by atomic mass is 10.0. The average molecular weight is 305 g/mol. The van der Waals surface area contributed by atoms with Gasteiger partial charge in [-0.3, -0.25) is 9.59 Å². The Morgan fingerprint density at radius 1 is 1.14 bits per heavy atom. The van der Waals surface area contributed by atoms with E-state index in [9.17, 15) is 9.59 Å². The van der Waals surface area contributed by atoms with E-state index in [0.29, 0.717) is 26.2 Å². The van der Waals surface area contributed by atoms with Crippen LogP contribution in [0.25, 0.3) is 0 Å². The van der Waals surface area contributed by atoms with Crippen LogP contribution in [0.2, 0.25) is 0 Å². The van der Waals surface area contributed by atoms with Gasteiger partial charge < -0.3 is 20.3 Å². The van der Waals surface area contributed by atoms with Crippen molar-refractivity contribution in [3.05, 3.63) is 35.4 Å². The number of ether oxygens (including phenoxy) is 1. The third kappa shape index (κ3) is 3.84. The Hall–Kier alpha value is -1.92. The van der Waals surface area contributed by atoms with Crippen LogP contribution in [0.15, 0.2) is 24.3 Å². The number of nitrogens with two attached hydrogens (primary N) is 1. The summed E-state index contributed by atoms with van der Waals surface area (Å²) in [6.07, 6.45) is 0. The Kier molecular flexibility index (Phi) is 5.51. The zero-order valence-corrected chi connectivity index (χ0v) is 13.1. The van der Waals surface area contributed by atoms with Gasteiger partial charge in [-0.1, -0.05) is 29.8 Å². The molecule has 6 heteroatoms. The lowest BCUT2D eigenvalue weighted by Gasteiger charge is -2.35. The number of piperazine rings is 1. The summed E-state index contributed by atoms with van der Waals surface area (Å²) in [5, 5.41) is 0. The number of hydrogen-bond donors (Lipinski definition) is 1. The highest BCUT2D eigenvalue weighted by Gasteiger charge is 2.27. The fourth-order valence-corrected chi connectivity index (χ4v) is 2.50. The third-order valence-corrected chi connectivity index (χ3v) is 3.91. The molecule has 1 aliphatic rings. The van der Waals surface area contributed by atoms with Gasteiger partial charge in [0.25, 0.3) is 0 Å². The van der Waals surface area contributed by atoms with Gasteiger partial charge in [0.1, 0.15) is 12.6 Å². The SMILES string of the molecule is COCC(=O)N1CCN(C(=O)C(N)c2ccc(C)cc2)CC1. The molecule has 1 aromatic rings. The van der Waals surface area contributed by atoms with Gasteiger partial charge in [0, 0.05) is 33.3 Å². The van der Waals surface area contributed by atoms with Gasteiger partial charge in [-0.25, -0.2) is 0 Å². The second-order valence-corrected chi connectivity index (χ2v) is 5.53. The molecule has 1 fully saturated rings. The van der Waals surface area contributed by atoms with Crippen molar-refractivity contribution in [2.24, 2.45) is 5.73 Å². The molecule has 0 bridgehead atoms. The second-order valence-electron chi connectivity index (χ2n) is 5.53. The first-order chi connectivity index (χ1) is 10.5. The molecule has 1 aliphatic heterocycles. The molecule has 0 aliphatic carbocycles. The van der Waals surface area contributed by atoms with Crippen LogP contribution in [0.1, 0.15) is 17.2 Å². The fraction of sp³-hybridized carbons (Fsp3) is 0.500. The largest absolute Gasteiger partial charge is 0.375 e. The molecule has 6 nitrogen and oxygen atoms in total. The van der Waals surface area contributed by atoms with Crippen LogP contribution in [0.4, 0.5) is 0 Å². The van der Waals surface area contributed by atoms with Crippen LogP contribution in [0, 0.1) is 6.92 Å². The molecule has 1 aromatic carbocycles. The van der Waals surface area contributed by atoms with Crippen LogP contribution < -0.4 is 5.73 Å². The van der Waals surface area contributed by atoms with Gasteiger partial charge in [0.05, 0.1) is 0 Å². The summed E-state index contributed by atoms with van der Waals surface area (Å²) in [6, 6.07) is 7.02. The number of carbonyl (C=O) groups is 2. The molecule has 0 radical (unpaired) electrons. The van der Waals surface area contributed by atoms with Crippen molar-refractivity contribution >= 4 is 11.8 Å². The summed E-state index contributed by atoms with van der Waals surface area (Å²) in [6.45, 7) is 4.13. The third-order valence-electron chi connectivity index (χ3n) is 3.91. The van der Waals surface area contributed by atoms with Crippen molar-refractivity contribution in [2.75, 3.05) is 39.9 Å². The number of rotatable bonds is 4. The Balaban J connectivity index is 1.91. The fourth-order valence-electron chi connectivity index (χ4n) is 2.50. The minimum Gasteiger partial charge on any atom is -0.375 e. The smallest absolute Gasteiger partial charge is 0.248 e. The lowest BCUT2D eigenvalue weighted by Crippen LogP contribution is -2.53. The molecule has 0 saturated carbocycles. The second kappa shape index (κ2) is 7.38. The van der Waals surface area contributed by atoms with Crippen molar-refractivity contribution in [3.8, 4) is 0 Å². The first-order valence-electron chi connectivity index (χ1n) is 7.40. The summed E-state index contributed by atoms with van der Waals surface area (Å²) in [5.74, 6) is -0.139. The van der Waals surface area contributed by atoms with Gasteiger partial charge in [-0.2, -0.15) is 0 Å². The maximum Gasteiger partial charge on any atom is 0.248 e. The Bertz CT molecular complexity index is 522. The van der Waals surface area contributed by atoms with Crippen LogP contribution in [-0.2, 0) is 14.3 Å². The summed E-state index contributed by atoms with van der Waals surface area (Å²) < 4.78 is 4.85. The van der Waals surface area contributed by atoms with Gasteiger partial charge in [0.2, 0.25) is 11.8 Å². The number of methoxy groups -OCH3 is 1. The van der Waals surface area contributed by atoms with E-state index in [0.717, 1.165) is 11.1 Å². The Labute approximate surface area is 130 Å². The lowest BCUT2D eigenvalue weighted by molar-refractivity contribution is -0.142. The highest BCUT2D eigenvalue weighted by atomic mass is 16.5. The van der Waals surface area contributed by atoms with Crippen molar-refractivity contribution in [1.29, 1.82) is 0 Å². The molecule has 2 amide bonds. The Morgan fingerprint density at radius 3 is 2.23 bits per heavy atom. The van der Waals surface area contributed by atoms with Gasteiger partial charge >= 0.3 is 0 Å². The molecular formula is C16H23N3O3. The van der Waals surface area contributed by atoms with E-state index in [2.05, 4.69) is 0 Å². The first kappa shape index (κ1) is 16.5. The standard InChI is InChI=1S/C16H23N3O3/c1-12-3-5-13(6-4-12)15(17)16(21)19-9-7-18(8-10-19)14(20)11-22-2/h3-6,15H,7-11,17H2,1-2H3. The first-order valence-corrected chi connectivity index (χ1v) is 7.40. The van der Waals surface area contributed by atoms with Crippen molar-refractivity contribution in [1.82, 2.24) is 9.80 Å². The quantitative estimate of drug-likeness (QED) is 0.869. The highest BCUT2D eigenvalue weighted by Crippen LogP contribution is 2.15. The number of nitrogens with zero attached hydrogens (tertiary/aromatic N) is 2. The van der Waals surface area contributed by atoms with E-state index in [4.69, 9.17) is 10.5 Å². The van der Waals surface area contributed by atoms with Crippen molar-refractivity contribution in [3.63, 3.8) is 0 Å². The predicted octanol–water partition coefficient (Wildman–Crippen LogP) is 0.312. The molecule has 0 aromatic heterocycles. The van der Waals surface area contributed by atoms with Crippen LogP contribution in [0.3, 0.4) is 0 Å². The number of aryl methyl sites for hydroxylation is 1. The van der Waals surface area contributed by atoms with E-state index in [1.165, 1.54) is 7.11 Å². The minimum absolute atomic E-state index is 0.0440. The summed E-state index contributed by atoms with van der Waals surface area (Å²) in [4.78, 5) is 27.6. The molecule has 22 heavy (non-hydrogen) atoms. The van der Waals surface area contributed by atoms with E-state index < -0.39 is 6.04 Å². The monoisotopic (exact) mass is 305 g/mol. The Morgan fingerprint density at radius 2 is 1.68 bits per heavy atom. The maximum absolute atomic E-state index is 12.5. The summed E-state index contributed by atoms with van der Waals surface area (Å²) >= 11 is 0. The zero-order chi connectivity index (χ0) is 16.1. The number of hydrogen-bond acceptors (Lipinski definition) is 4. The molecule has 1 heterocycles. The van der Waals surface area contributed by atoms with Gasteiger partial charge in [-0.15, -0.1) is 0 Å².